The fourth-order valence-corrected chi connectivity index (χ4v) is 3.41. The van der Waals surface area contributed by atoms with Gasteiger partial charge in [-0.1, -0.05) is 24.1 Å². The average molecular weight is 299 g/mol. The molecule has 4 heteroatoms. The number of rotatable bonds is 3. The molecule has 1 aromatic carbocycles. The van der Waals surface area contributed by atoms with Crippen molar-refractivity contribution in [2.24, 2.45) is 5.92 Å². The molecule has 0 aliphatic heterocycles. The first-order chi connectivity index (χ1) is 9.77. The monoisotopic (exact) mass is 299 g/mol. The molecule has 21 heavy (non-hydrogen) atoms. The van der Waals surface area contributed by atoms with E-state index in [4.69, 9.17) is 0 Å². The fraction of sp³-hybridized carbons (Fsp3) is 0.647. The van der Waals surface area contributed by atoms with Crippen LogP contribution in [0.1, 0.15) is 47.9 Å². The van der Waals surface area contributed by atoms with E-state index >= 15 is 0 Å². The molecule has 1 saturated carbocycles. The third-order valence-electron chi connectivity index (χ3n) is 4.55. The number of nitrogens with one attached hydrogen (secondary N) is 1. The summed E-state index contributed by atoms with van der Waals surface area (Å²) in [4.78, 5) is 0. The van der Waals surface area contributed by atoms with Crippen LogP contribution in [0.2, 0.25) is 0 Å². The molecule has 1 N–H and O–H groups in total. The second kappa shape index (κ2) is 6.39. The van der Waals surface area contributed by atoms with E-state index in [1.165, 1.54) is 22.3 Å². The minimum atomic E-state index is -4.05. The average Bonchev–Trinajstić information content (AvgIpc) is 2.36. The van der Waals surface area contributed by atoms with Crippen LogP contribution in [0, 0.1) is 26.7 Å². The van der Waals surface area contributed by atoms with Crippen LogP contribution in [0.15, 0.2) is 12.1 Å². The molecule has 0 bridgehead atoms. The van der Waals surface area contributed by atoms with Crippen molar-refractivity contribution in [2.75, 3.05) is 0 Å². The molecule has 0 aromatic heterocycles. The van der Waals surface area contributed by atoms with Crippen LogP contribution in [0.5, 0.6) is 0 Å². The highest BCUT2D eigenvalue weighted by Crippen LogP contribution is 2.37. The van der Waals surface area contributed by atoms with Crippen LogP contribution in [0.3, 0.4) is 0 Å². The van der Waals surface area contributed by atoms with Gasteiger partial charge in [-0.3, -0.25) is 0 Å². The highest BCUT2D eigenvalue weighted by Gasteiger charge is 2.41. The zero-order valence-electron chi connectivity index (χ0n) is 13.0. The van der Waals surface area contributed by atoms with Gasteiger partial charge in [-0.2, -0.15) is 13.2 Å². The Bertz CT molecular complexity index is 470. The topological polar surface area (TPSA) is 12.0 Å². The van der Waals surface area contributed by atoms with Crippen LogP contribution < -0.4 is 5.32 Å². The maximum absolute atomic E-state index is 12.8. The van der Waals surface area contributed by atoms with E-state index in [1.54, 1.807) is 0 Å². The molecule has 1 nitrogen and oxygen atoms in total. The lowest BCUT2D eigenvalue weighted by Gasteiger charge is -2.31. The standard InChI is InChI=1S/C17H24F3N/c1-11-7-12(2)16(13(3)8-11)10-21-15-6-4-5-14(9-15)17(18,19)20/h7-8,14-15,21H,4-6,9-10H2,1-3H3. The number of alkyl halides is 3. The summed E-state index contributed by atoms with van der Waals surface area (Å²) in [6, 6.07) is 4.23. The predicted molar refractivity (Wildman–Crippen MR) is 79.3 cm³/mol. The number of halogens is 3. The molecule has 1 aliphatic rings. The molecule has 0 radical (unpaired) electrons. The largest absolute Gasteiger partial charge is 0.391 e. The first-order valence-corrected chi connectivity index (χ1v) is 7.64. The lowest BCUT2D eigenvalue weighted by atomic mass is 9.85. The lowest BCUT2D eigenvalue weighted by molar-refractivity contribution is -0.183. The van der Waals surface area contributed by atoms with Gasteiger partial charge >= 0.3 is 6.18 Å². The molecule has 0 saturated heterocycles. The number of aryl methyl sites for hydroxylation is 3. The van der Waals surface area contributed by atoms with E-state index in [1.807, 2.05) is 0 Å². The Morgan fingerprint density at radius 2 is 1.71 bits per heavy atom. The maximum atomic E-state index is 12.8. The lowest BCUT2D eigenvalue weighted by Crippen LogP contribution is -2.38. The second-order valence-electron chi connectivity index (χ2n) is 6.36. The van der Waals surface area contributed by atoms with Gasteiger partial charge in [-0.15, -0.1) is 0 Å². The Kier molecular flexibility index (Phi) is 4.97. The smallest absolute Gasteiger partial charge is 0.310 e. The molecule has 118 valence electrons. The van der Waals surface area contributed by atoms with E-state index in [0.29, 0.717) is 13.0 Å². The van der Waals surface area contributed by atoms with Crippen LogP contribution in [0.25, 0.3) is 0 Å². The summed E-state index contributed by atoms with van der Waals surface area (Å²) in [5.74, 6) is -1.14. The van der Waals surface area contributed by atoms with E-state index < -0.39 is 12.1 Å². The van der Waals surface area contributed by atoms with Crippen molar-refractivity contribution < 1.29 is 13.2 Å². The van der Waals surface area contributed by atoms with E-state index in [-0.39, 0.29) is 18.9 Å². The van der Waals surface area contributed by atoms with Crippen molar-refractivity contribution in [2.45, 2.75) is 65.2 Å². The third kappa shape index (κ3) is 4.22. The van der Waals surface area contributed by atoms with Crippen LogP contribution >= 0.6 is 0 Å². The highest BCUT2D eigenvalue weighted by molar-refractivity contribution is 5.37. The Hall–Kier alpha value is -1.03. The van der Waals surface area contributed by atoms with Gasteiger partial charge in [0.15, 0.2) is 0 Å². The van der Waals surface area contributed by atoms with Gasteiger partial charge in [-0.25, -0.2) is 0 Å². The van der Waals surface area contributed by atoms with Crippen molar-refractivity contribution >= 4 is 0 Å². The Morgan fingerprint density at radius 1 is 1.10 bits per heavy atom. The molecule has 2 rings (SSSR count). The van der Waals surface area contributed by atoms with E-state index in [0.717, 1.165) is 6.42 Å². The quantitative estimate of drug-likeness (QED) is 0.843. The second-order valence-corrected chi connectivity index (χ2v) is 6.36. The molecular formula is C17H24F3N. The van der Waals surface area contributed by atoms with E-state index in [2.05, 4.69) is 38.2 Å². The van der Waals surface area contributed by atoms with Crippen LogP contribution in [-0.2, 0) is 6.54 Å². The van der Waals surface area contributed by atoms with Crippen molar-refractivity contribution in [3.05, 3.63) is 34.4 Å². The Morgan fingerprint density at radius 3 is 2.29 bits per heavy atom. The highest BCUT2D eigenvalue weighted by atomic mass is 19.4. The third-order valence-corrected chi connectivity index (χ3v) is 4.55. The maximum Gasteiger partial charge on any atom is 0.391 e. The zero-order valence-corrected chi connectivity index (χ0v) is 13.0. The molecular weight excluding hydrogens is 275 g/mol. The fourth-order valence-electron chi connectivity index (χ4n) is 3.41. The molecule has 0 heterocycles. The van der Waals surface area contributed by atoms with Crippen LogP contribution in [0.4, 0.5) is 13.2 Å². The molecule has 0 spiro atoms. The normalized spacial score (nSPS) is 23.3. The summed E-state index contributed by atoms with van der Waals surface area (Å²) in [7, 11) is 0. The van der Waals surface area contributed by atoms with Gasteiger partial charge in [0.25, 0.3) is 0 Å². The number of hydrogen-bond donors (Lipinski definition) is 1. The number of hydrogen-bond acceptors (Lipinski definition) is 1. The van der Waals surface area contributed by atoms with Gasteiger partial charge in [0, 0.05) is 12.6 Å². The van der Waals surface area contributed by atoms with Crippen molar-refractivity contribution in [1.82, 2.24) is 5.32 Å². The zero-order chi connectivity index (χ0) is 15.6. The van der Waals surface area contributed by atoms with Gasteiger partial charge in [0.1, 0.15) is 0 Å². The molecule has 2 unspecified atom stereocenters. The molecule has 1 aromatic rings. The predicted octanol–water partition coefficient (Wildman–Crippen LogP) is 4.82. The number of benzene rings is 1. The summed E-state index contributed by atoms with van der Waals surface area (Å²) in [5, 5.41) is 3.34. The summed E-state index contributed by atoms with van der Waals surface area (Å²) in [6.07, 6.45) is -2.04. The van der Waals surface area contributed by atoms with Crippen molar-refractivity contribution in [3.8, 4) is 0 Å². The van der Waals surface area contributed by atoms with E-state index in [9.17, 15) is 13.2 Å². The molecule has 0 amide bonds. The van der Waals surface area contributed by atoms with Gasteiger partial charge < -0.3 is 5.32 Å². The SMILES string of the molecule is Cc1cc(C)c(CNC2CCCC(C(F)(F)F)C2)c(C)c1. The molecule has 1 aliphatic carbocycles. The first kappa shape index (κ1) is 16.3. The Balaban J connectivity index is 1.97. The first-order valence-electron chi connectivity index (χ1n) is 7.64. The summed E-state index contributed by atoms with van der Waals surface area (Å²) in [5.41, 5.74) is 4.87. The molecule has 1 fully saturated rings. The van der Waals surface area contributed by atoms with Crippen molar-refractivity contribution in [3.63, 3.8) is 0 Å². The summed E-state index contributed by atoms with van der Waals surface area (Å²) < 4.78 is 38.5. The van der Waals surface area contributed by atoms with Gasteiger partial charge in [0.05, 0.1) is 5.92 Å². The van der Waals surface area contributed by atoms with Gasteiger partial charge in [-0.05, 0) is 56.7 Å². The summed E-state index contributed by atoms with van der Waals surface area (Å²) in [6.45, 7) is 6.85. The molecule has 2 atom stereocenters. The minimum absolute atomic E-state index is 0.0227. The Labute approximate surface area is 124 Å². The van der Waals surface area contributed by atoms with Crippen molar-refractivity contribution in [1.29, 1.82) is 0 Å². The van der Waals surface area contributed by atoms with Crippen LogP contribution in [-0.4, -0.2) is 12.2 Å². The van der Waals surface area contributed by atoms with Gasteiger partial charge in [0.2, 0.25) is 0 Å². The minimum Gasteiger partial charge on any atom is -0.310 e. The summed E-state index contributed by atoms with van der Waals surface area (Å²) >= 11 is 0.